The third-order valence-corrected chi connectivity index (χ3v) is 3.09. The molecule has 7 heteroatoms. The summed E-state index contributed by atoms with van der Waals surface area (Å²) in [7, 11) is 1.62. The third kappa shape index (κ3) is 4.16. The van der Waals surface area contributed by atoms with Crippen molar-refractivity contribution in [3.05, 3.63) is 34.9 Å². The fourth-order valence-corrected chi connectivity index (χ4v) is 1.81. The van der Waals surface area contributed by atoms with Crippen LogP contribution in [-0.4, -0.2) is 34.8 Å². The molecule has 0 saturated heterocycles. The highest BCUT2D eigenvalue weighted by Crippen LogP contribution is 2.27. The van der Waals surface area contributed by atoms with Crippen molar-refractivity contribution >= 4 is 18.4 Å². The predicted octanol–water partition coefficient (Wildman–Crippen LogP) is 3.01. The summed E-state index contributed by atoms with van der Waals surface area (Å²) in [5.74, 6) is 1.42. The Labute approximate surface area is 128 Å². The SMILES string of the molecule is CCCCOc1ccc(/C=N\n2cn[nH]c2=S)cc1OC. The number of rotatable bonds is 7. The highest BCUT2D eigenvalue weighted by molar-refractivity contribution is 7.71. The van der Waals surface area contributed by atoms with E-state index in [9.17, 15) is 0 Å². The molecule has 0 fully saturated rings. The molecule has 0 aliphatic heterocycles. The lowest BCUT2D eigenvalue weighted by molar-refractivity contribution is 0.288. The topological polar surface area (TPSA) is 64.4 Å². The lowest BCUT2D eigenvalue weighted by Crippen LogP contribution is -1.99. The van der Waals surface area contributed by atoms with Gasteiger partial charge in [0.25, 0.3) is 0 Å². The Morgan fingerprint density at radius 2 is 2.29 bits per heavy atom. The van der Waals surface area contributed by atoms with Gasteiger partial charge in [0.2, 0.25) is 4.77 Å². The highest BCUT2D eigenvalue weighted by atomic mass is 32.1. The largest absolute Gasteiger partial charge is 0.493 e. The standard InChI is InChI=1S/C14H18N4O2S/c1-3-4-7-20-12-6-5-11(8-13(12)19-2)9-16-18-10-15-17-14(18)21/h5-6,8-10H,3-4,7H2,1-2H3,(H,17,21)/b16-9-. The van der Waals surface area contributed by atoms with E-state index in [2.05, 4.69) is 22.2 Å². The van der Waals surface area contributed by atoms with Gasteiger partial charge < -0.3 is 9.47 Å². The van der Waals surface area contributed by atoms with E-state index in [0.717, 1.165) is 24.2 Å². The van der Waals surface area contributed by atoms with E-state index in [1.54, 1.807) is 13.3 Å². The van der Waals surface area contributed by atoms with Gasteiger partial charge in [-0.1, -0.05) is 13.3 Å². The maximum atomic E-state index is 5.69. The molecule has 1 aromatic heterocycles. The molecule has 2 rings (SSSR count). The molecule has 1 heterocycles. The zero-order valence-electron chi connectivity index (χ0n) is 12.1. The lowest BCUT2D eigenvalue weighted by atomic mass is 10.2. The van der Waals surface area contributed by atoms with Crippen LogP contribution >= 0.6 is 12.2 Å². The van der Waals surface area contributed by atoms with Gasteiger partial charge in [-0.3, -0.25) is 5.10 Å². The first-order valence-electron chi connectivity index (χ1n) is 6.71. The molecule has 0 spiro atoms. The summed E-state index contributed by atoms with van der Waals surface area (Å²) in [4.78, 5) is 0. The Bertz CT molecular complexity index is 663. The van der Waals surface area contributed by atoms with E-state index >= 15 is 0 Å². The lowest BCUT2D eigenvalue weighted by Gasteiger charge is -2.10. The molecule has 0 unspecified atom stereocenters. The predicted molar refractivity (Wildman–Crippen MR) is 83.8 cm³/mol. The second-order valence-corrected chi connectivity index (χ2v) is 4.75. The smallest absolute Gasteiger partial charge is 0.216 e. The molecule has 0 aliphatic carbocycles. The molecule has 0 amide bonds. The molecule has 0 bridgehead atoms. The van der Waals surface area contributed by atoms with Crippen LogP contribution in [0.2, 0.25) is 0 Å². The molecule has 21 heavy (non-hydrogen) atoms. The molecule has 1 N–H and O–H groups in total. The van der Waals surface area contributed by atoms with Crippen LogP contribution in [0.25, 0.3) is 0 Å². The van der Waals surface area contributed by atoms with Crippen LogP contribution in [0.1, 0.15) is 25.3 Å². The summed E-state index contributed by atoms with van der Waals surface area (Å²) in [6.45, 7) is 2.81. The molecule has 0 atom stereocenters. The number of benzene rings is 1. The Morgan fingerprint density at radius 1 is 1.43 bits per heavy atom. The normalized spacial score (nSPS) is 11.0. The van der Waals surface area contributed by atoms with Gasteiger partial charge in [0, 0.05) is 0 Å². The Hall–Kier alpha value is -2.15. The third-order valence-electron chi connectivity index (χ3n) is 2.81. The zero-order valence-corrected chi connectivity index (χ0v) is 12.9. The summed E-state index contributed by atoms with van der Waals surface area (Å²) >= 11 is 5.02. The van der Waals surface area contributed by atoms with E-state index < -0.39 is 0 Å². The second-order valence-electron chi connectivity index (χ2n) is 4.36. The number of unbranched alkanes of at least 4 members (excludes halogenated alkanes) is 1. The Morgan fingerprint density at radius 3 is 2.95 bits per heavy atom. The van der Waals surface area contributed by atoms with Gasteiger partial charge >= 0.3 is 0 Å². The van der Waals surface area contributed by atoms with Crippen LogP contribution in [0.4, 0.5) is 0 Å². The minimum absolute atomic E-state index is 0.442. The first kappa shape index (κ1) is 15.2. The number of aromatic nitrogens is 3. The summed E-state index contributed by atoms with van der Waals surface area (Å²) < 4.78 is 13.0. The number of aromatic amines is 1. The highest BCUT2D eigenvalue weighted by Gasteiger charge is 2.04. The van der Waals surface area contributed by atoms with E-state index in [-0.39, 0.29) is 0 Å². The molecule has 1 aromatic carbocycles. The van der Waals surface area contributed by atoms with Crippen molar-refractivity contribution in [3.8, 4) is 11.5 Å². The summed E-state index contributed by atoms with van der Waals surface area (Å²) in [5.41, 5.74) is 0.887. The van der Waals surface area contributed by atoms with E-state index in [1.807, 2.05) is 18.2 Å². The minimum atomic E-state index is 0.442. The molecule has 112 valence electrons. The van der Waals surface area contributed by atoms with Gasteiger partial charge in [0.15, 0.2) is 11.5 Å². The number of nitrogens with one attached hydrogen (secondary N) is 1. The summed E-state index contributed by atoms with van der Waals surface area (Å²) in [6, 6.07) is 5.66. The molecule has 0 aliphatic rings. The monoisotopic (exact) mass is 306 g/mol. The van der Waals surface area contributed by atoms with Crippen LogP contribution in [0.15, 0.2) is 29.6 Å². The number of hydrogen-bond acceptors (Lipinski definition) is 5. The van der Waals surface area contributed by atoms with Crippen molar-refractivity contribution in [1.82, 2.24) is 14.9 Å². The van der Waals surface area contributed by atoms with E-state index in [4.69, 9.17) is 21.7 Å². The summed E-state index contributed by atoms with van der Waals surface area (Å²) in [5, 5.41) is 10.6. The molecule has 0 saturated carbocycles. The molecular formula is C14H18N4O2S. The number of hydrogen-bond donors (Lipinski definition) is 1. The maximum Gasteiger partial charge on any atom is 0.216 e. The average molecular weight is 306 g/mol. The van der Waals surface area contributed by atoms with Gasteiger partial charge in [0.1, 0.15) is 6.33 Å². The quantitative estimate of drug-likeness (QED) is 0.485. The number of nitrogens with zero attached hydrogens (tertiary/aromatic N) is 3. The number of ether oxygens (including phenoxy) is 2. The van der Waals surface area contributed by atoms with Crippen molar-refractivity contribution in [2.75, 3.05) is 13.7 Å². The van der Waals surface area contributed by atoms with Crippen molar-refractivity contribution in [2.45, 2.75) is 19.8 Å². The Balaban J connectivity index is 2.13. The van der Waals surface area contributed by atoms with Crippen LogP contribution in [-0.2, 0) is 0 Å². The van der Waals surface area contributed by atoms with Gasteiger partial charge in [-0.15, -0.1) is 0 Å². The fraction of sp³-hybridized carbons (Fsp3) is 0.357. The van der Waals surface area contributed by atoms with Crippen LogP contribution in [0, 0.1) is 4.77 Å². The number of methoxy groups -OCH3 is 1. The molecular weight excluding hydrogens is 288 g/mol. The maximum absolute atomic E-state index is 5.69. The molecule has 2 aromatic rings. The average Bonchev–Trinajstić information content (AvgIpc) is 2.91. The van der Waals surface area contributed by atoms with Gasteiger partial charge in [0.05, 0.1) is 19.9 Å². The second kappa shape index (κ2) is 7.58. The minimum Gasteiger partial charge on any atom is -0.493 e. The van der Waals surface area contributed by atoms with Gasteiger partial charge in [-0.2, -0.15) is 14.9 Å². The van der Waals surface area contributed by atoms with Gasteiger partial charge in [-0.05, 0) is 42.4 Å². The Kier molecular flexibility index (Phi) is 5.51. The van der Waals surface area contributed by atoms with E-state index in [0.29, 0.717) is 17.1 Å². The zero-order chi connectivity index (χ0) is 15.1. The van der Waals surface area contributed by atoms with Crippen LogP contribution in [0.5, 0.6) is 11.5 Å². The van der Waals surface area contributed by atoms with Crippen molar-refractivity contribution in [2.24, 2.45) is 5.10 Å². The fourth-order valence-electron chi connectivity index (χ4n) is 1.66. The molecule has 6 nitrogen and oxygen atoms in total. The van der Waals surface area contributed by atoms with Crippen LogP contribution in [0.3, 0.4) is 0 Å². The first-order valence-corrected chi connectivity index (χ1v) is 7.12. The number of H-pyrrole nitrogens is 1. The molecule has 0 radical (unpaired) electrons. The summed E-state index contributed by atoms with van der Waals surface area (Å²) in [6.07, 6.45) is 5.31. The van der Waals surface area contributed by atoms with Crippen molar-refractivity contribution < 1.29 is 9.47 Å². The first-order chi connectivity index (χ1) is 10.2. The van der Waals surface area contributed by atoms with Crippen molar-refractivity contribution in [1.29, 1.82) is 0 Å². The van der Waals surface area contributed by atoms with E-state index in [1.165, 1.54) is 11.0 Å². The van der Waals surface area contributed by atoms with Gasteiger partial charge in [-0.25, -0.2) is 0 Å². The van der Waals surface area contributed by atoms with Crippen molar-refractivity contribution in [3.63, 3.8) is 0 Å². The van der Waals surface area contributed by atoms with Crippen LogP contribution < -0.4 is 9.47 Å².